The van der Waals surface area contributed by atoms with Gasteiger partial charge in [0.15, 0.2) is 0 Å². The summed E-state index contributed by atoms with van der Waals surface area (Å²) in [5.74, 6) is -0.0784. The Morgan fingerprint density at radius 3 is 2.34 bits per heavy atom. The molecule has 0 unspecified atom stereocenters. The molecular weight excluding hydrogens is 495 g/mol. The third kappa shape index (κ3) is 5.69. The number of aryl methyl sites for hydroxylation is 1. The van der Waals surface area contributed by atoms with E-state index in [1.807, 2.05) is 25.1 Å². The molecule has 1 aliphatic carbocycles. The van der Waals surface area contributed by atoms with E-state index in [9.17, 15) is 22.8 Å². The number of halogens is 3. The zero-order chi connectivity index (χ0) is 26.9. The Kier molecular flexibility index (Phi) is 6.62. The van der Waals surface area contributed by atoms with Crippen molar-refractivity contribution in [3.05, 3.63) is 90.0 Å². The van der Waals surface area contributed by atoms with Crippen LogP contribution < -0.4 is 10.6 Å². The van der Waals surface area contributed by atoms with E-state index in [0.29, 0.717) is 17.2 Å². The molecule has 192 valence electrons. The fourth-order valence-electron chi connectivity index (χ4n) is 3.90. The number of hydrogen-bond acceptors (Lipinski definition) is 5. The highest BCUT2D eigenvalue weighted by Gasteiger charge is 2.32. The first-order chi connectivity index (χ1) is 18.2. The maximum absolute atomic E-state index is 12.8. The normalized spacial score (nSPS) is 13.2. The number of benzene rings is 1. The summed E-state index contributed by atoms with van der Waals surface area (Å²) in [5, 5.41) is 5.56. The Hall–Kier alpha value is -4.60. The quantitative estimate of drug-likeness (QED) is 0.321. The van der Waals surface area contributed by atoms with Gasteiger partial charge >= 0.3 is 6.18 Å². The highest BCUT2D eigenvalue weighted by Crippen LogP contribution is 2.32. The van der Waals surface area contributed by atoms with Gasteiger partial charge < -0.3 is 10.6 Å². The van der Waals surface area contributed by atoms with E-state index in [2.05, 4.69) is 25.6 Å². The molecule has 2 amide bonds. The predicted molar refractivity (Wildman–Crippen MR) is 136 cm³/mol. The molecule has 38 heavy (non-hydrogen) atoms. The molecule has 0 bridgehead atoms. The summed E-state index contributed by atoms with van der Waals surface area (Å²) >= 11 is 0. The lowest BCUT2D eigenvalue weighted by Crippen LogP contribution is -2.14. The van der Waals surface area contributed by atoms with E-state index >= 15 is 0 Å². The summed E-state index contributed by atoms with van der Waals surface area (Å²) in [7, 11) is 0. The molecule has 0 radical (unpaired) electrons. The molecule has 10 heteroatoms. The molecule has 4 aromatic rings. The summed E-state index contributed by atoms with van der Waals surface area (Å²) in [4.78, 5) is 36.8. The number of hydrogen-bond donors (Lipinski definition) is 2. The molecule has 1 fully saturated rings. The second-order valence-corrected chi connectivity index (χ2v) is 9.04. The van der Waals surface area contributed by atoms with E-state index in [-0.39, 0.29) is 17.4 Å². The largest absolute Gasteiger partial charge is 0.433 e. The van der Waals surface area contributed by atoms with Crippen LogP contribution in [0.1, 0.15) is 34.5 Å². The van der Waals surface area contributed by atoms with Crippen molar-refractivity contribution in [1.82, 2.24) is 15.0 Å². The Morgan fingerprint density at radius 2 is 1.63 bits per heavy atom. The van der Waals surface area contributed by atoms with Crippen LogP contribution in [-0.4, -0.2) is 26.8 Å². The number of nitrogens with zero attached hydrogens (tertiary/aromatic N) is 3. The van der Waals surface area contributed by atoms with Crippen LogP contribution in [0.15, 0.2) is 73.2 Å². The van der Waals surface area contributed by atoms with Gasteiger partial charge in [0.1, 0.15) is 11.5 Å². The van der Waals surface area contributed by atoms with Gasteiger partial charge in [-0.2, -0.15) is 13.2 Å². The molecule has 3 heterocycles. The SMILES string of the molecule is Cc1ccc(NC(=O)c2ccc(C(F)(F)F)nc2)cc1-c1ccnc(-c2ccnc(NC(=O)C3CC3)c2)c1. The van der Waals surface area contributed by atoms with E-state index in [4.69, 9.17) is 0 Å². The van der Waals surface area contributed by atoms with Gasteiger partial charge in [-0.15, -0.1) is 0 Å². The summed E-state index contributed by atoms with van der Waals surface area (Å²) in [5.41, 5.74) is 3.52. The van der Waals surface area contributed by atoms with Crippen molar-refractivity contribution in [2.75, 3.05) is 10.6 Å². The Morgan fingerprint density at radius 1 is 0.868 bits per heavy atom. The zero-order valence-electron chi connectivity index (χ0n) is 20.2. The molecule has 5 rings (SSSR count). The number of aromatic nitrogens is 3. The second kappa shape index (κ2) is 10.0. The fraction of sp³-hybridized carbons (Fsp3) is 0.179. The smallest absolute Gasteiger partial charge is 0.322 e. The zero-order valence-corrected chi connectivity index (χ0v) is 20.2. The van der Waals surface area contributed by atoms with Crippen LogP contribution in [0.5, 0.6) is 0 Å². The van der Waals surface area contributed by atoms with E-state index in [1.165, 1.54) is 0 Å². The topological polar surface area (TPSA) is 96.9 Å². The van der Waals surface area contributed by atoms with Gasteiger partial charge in [0.25, 0.3) is 5.91 Å². The maximum atomic E-state index is 12.8. The number of alkyl halides is 3. The lowest BCUT2D eigenvalue weighted by Gasteiger charge is -2.12. The molecule has 1 aliphatic rings. The Labute approximate surface area is 216 Å². The van der Waals surface area contributed by atoms with Crippen LogP contribution >= 0.6 is 0 Å². The molecule has 0 atom stereocenters. The summed E-state index contributed by atoms with van der Waals surface area (Å²) in [6, 6.07) is 14.5. The standard InChI is InChI=1S/C28H22F3N5O2/c1-16-2-6-21(35-27(38)20-5-7-24(34-15-20)28(29,30)31)14-22(16)18-8-10-32-23(12-18)19-9-11-33-25(13-19)36-26(37)17-3-4-17/h2,5-15,17H,3-4H2,1H3,(H,35,38)(H,33,36,37). The van der Waals surface area contributed by atoms with Crippen LogP contribution in [0, 0.1) is 12.8 Å². The number of pyridine rings is 3. The highest BCUT2D eigenvalue weighted by atomic mass is 19.4. The molecule has 0 spiro atoms. The molecule has 7 nitrogen and oxygen atoms in total. The number of nitrogens with one attached hydrogen (secondary N) is 2. The highest BCUT2D eigenvalue weighted by molar-refractivity contribution is 6.04. The summed E-state index contributed by atoms with van der Waals surface area (Å²) < 4.78 is 38.3. The lowest BCUT2D eigenvalue weighted by atomic mass is 9.99. The molecule has 1 aromatic carbocycles. The van der Waals surface area contributed by atoms with E-state index < -0.39 is 17.8 Å². The number of anilines is 2. The molecule has 3 aromatic heterocycles. The Balaban J connectivity index is 1.36. The van der Waals surface area contributed by atoms with E-state index in [1.54, 1.807) is 36.7 Å². The van der Waals surface area contributed by atoms with Gasteiger partial charge in [-0.1, -0.05) is 6.07 Å². The van der Waals surface area contributed by atoms with E-state index in [0.717, 1.165) is 53.4 Å². The van der Waals surface area contributed by atoms with Crippen LogP contribution in [-0.2, 0) is 11.0 Å². The first-order valence-electron chi connectivity index (χ1n) is 11.9. The van der Waals surface area contributed by atoms with Crippen molar-refractivity contribution >= 4 is 23.3 Å². The van der Waals surface area contributed by atoms with Crippen LogP contribution in [0.3, 0.4) is 0 Å². The average Bonchev–Trinajstić information content (AvgIpc) is 3.75. The minimum absolute atomic E-state index is 0.00795. The molecule has 2 N–H and O–H groups in total. The van der Waals surface area contributed by atoms with Gasteiger partial charge in [0.05, 0.1) is 11.3 Å². The molecule has 1 saturated carbocycles. The minimum Gasteiger partial charge on any atom is -0.322 e. The maximum Gasteiger partial charge on any atom is 0.433 e. The van der Waals surface area contributed by atoms with Crippen molar-refractivity contribution < 1.29 is 22.8 Å². The predicted octanol–water partition coefficient (Wildman–Crippen LogP) is 6.13. The molecular formula is C28H22F3N5O2. The second-order valence-electron chi connectivity index (χ2n) is 9.04. The third-order valence-corrected chi connectivity index (χ3v) is 6.14. The van der Waals surface area contributed by atoms with Gasteiger partial charge in [0, 0.05) is 35.8 Å². The van der Waals surface area contributed by atoms with Gasteiger partial charge in [-0.25, -0.2) is 4.98 Å². The number of carbonyl (C=O) groups is 2. The van der Waals surface area contributed by atoms with Crippen molar-refractivity contribution in [1.29, 1.82) is 0 Å². The number of amides is 2. The molecule has 0 saturated heterocycles. The van der Waals surface area contributed by atoms with Gasteiger partial charge in [-0.05, 0) is 85.0 Å². The third-order valence-electron chi connectivity index (χ3n) is 6.14. The molecule has 0 aliphatic heterocycles. The van der Waals surface area contributed by atoms with Crippen molar-refractivity contribution in [2.45, 2.75) is 25.9 Å². The number of carbonyl (C=O) groups excluding carboxylic acids is 2. The van der Waals surface area contributed by atoms with Crippen LogP contribution in [0.2, 0.25) is 0 Å². The summed E-state index contributed by atoms with van der Waals surface area (Å²) in [6.45, 7) is 1.93. The average molecular weight is 518 g/mol. The fourth-order valence-corrected chi connectivity index (χ4v) is 3.90. The van der Waals surface area contributed by atoms with Gasteiger partial charge in [-0.3, -0.25) is 19.6 Å². The Bertz CT molecular complexity index is 1520. The van der Waals surface area contributed by atoms with Crippen LogP contribution in [0.4, 0.5) is 24.7 Å². The van der Waals surface area contributed by atoms with Crippen molar-refractivity contribution in [3.8, 4) is 22.4 Å². The monoisotopic (exact) mass is 517 g/mol. The lowest BCUT2D eigenvalue weighted by molar-refractivity contribution is -0.141. The van der Waals surface area contributed by atoms with Crippen molar-refractivity contribution in [2.24, 2.45) is 5.92 Å². The van der Waals surface area contributed by atoms with Gasteiger partial charge in [0.2, 0.25) is 5.91 Å². The van der Waals surface area contributed by atoms with Crippen molar-refractivity contribution in [3.63, 3.8) is 0 Å². The number of rotatable bonds is 6. The first kappa shape index (κ1) is 25.1. The van der Waals surface area contributed by atoms with Crippen LogP contribution in [0.25, 0.3) is 22.4 Å². The minimum atomic E-state index is -4.58. The first-order valence-corrected chi connectivity index (χ1v) is 11.9. The summed E-state index contributed by atoms with van der Waals surface area (Å²) in [6.07, 6.45) is 1.41.